The molecule has 7 heteroatoms. The number of fused-ring (bicyclic) bond motifs is 1. The number of nitrogens with one attached hydrogen (secondary N) is 1. The lowest BCUT2D eigenvalue weighted by Gasteiger charge is -2.32. The number of nitriles is 1. The number of guanidine groups is 1. The summed E-state index contributed by atoms with van der Waals surface area (Å²) in [5.41, 5.74) is 6.58. The highest BCUT2D eigenvalue weighted by Crippen LogP contribution is 2.28. The monoisotopic (exact) mass is 303 g/mol. The van der Waals surface area contributed by atoms with Crippen molar-refractivity contribution >= 4 is 17.6 Å². The van der Waals surface area contributed by atoms with E-state index in [2.05, 4.69) is 10.3 Å². The van der Waals surface area contributed by atoms with Crippen LogP contribution < -0.4 is 11.1 Å². The molecule has 2 atom stereocenters. The van der Waals surface area contributed by atoms with Crippen LogP contribution >= 0.6 is 0 Å². The van der Waals surface area contributed by atoms with Crippen LogP contribution in [0.2, 0.25) is 0 Å². The van der Waals surface area contributed by atoms with Crippen LogP contribution in [0.1, 0.15) is 25.8 Å². The molecule has 2 rings (SSSR count). The second-order valence-corrected chi connectivity index (χ2v) is 5.28. The first-order chi connectivity index (χ1) is 10.5. The zero-order chi connectivity index (χ0) is 16.3. The molecule has 1 amide bonds. The van der Waals surface area contributed by atoms with Crippen LogP contribution in [0, 0.1) is 23.2 Å². The fourth-order valence-electron chi connectivity index (χ4n) is 2.58. The number of rotatable bonds is 2. The van der Waals surface area contributed by atoms with Crippen LogP contribution in [0.4, 0.5) is 10.1 Å². The van der Waals surface area contributed by atoms with E-state index in [1.807, 2.05) is 13.8 Å². The first kappa shape index (κ1) is 15.8. The molecule has 22 heavy (non-hydrogen) atoms. The first-order valence-electron chi connectivity index (χ1n) is 7.06. The summed E-state index contributed by atoms with van der Waals surface area (Å²) in [7, 11) is 0. The molecule has 0 saturated carbocycles. The average Bonchev–Trinajstić information content (AvgIpc) is 2.63. The van der Waals surface area contributed by atoms with Crippen molar-refractivity contribution < 1.29 is 9.18 Å². The van der Waals surface area contributed by atoms with Gasteiger partial charge in [-0.25, -0.2) is 4.39 Å². The summed E-state index contributed by atoms with van der Waals surface area (Å²) in [5.74, 6) is -0.837. The lowest BCUT2D eigenvalue weighted by molar-refractivity contribution is -0.121. The van der Waals surface area contributed by atoms with Crippen molar-refractivity contribution in [3.8, 4) is 6.19 Å². The third-order valence-corrected chi connectivity index (χ3v) is 3.95. The number of anilines is 1. The summed E-state index contributed by atoms with van der Waals surface area (Å²) in [6, 6.07) is 3.89. The standard InChI is InChI=1S/C15H18FN5O/c1-3-9(2)13-14(22)20-12-6-4-5-11(16)10(12)7-21(13)15(18)19-8-17/h4-6,9,13H,3,7H2,1-2H3,(H2,18,19)(H,20,22)/t9-,13-/m0/s1. The first-order valence-corrected chi connectivity index (χ1v) is 7.06. The van der Waals surface area contributed by atoms with Crippen LogP contribution in [-0.4, -0.2) is 22.8 Å². The van der Waals surface area contributed by atoms with Gasteiger partial charge in [0.05, 0.1) is 6.54 Å². The Hall–Kier alpha value is -2.62. The number of carbonyl (C=O) groups excluding carboxylic acids is 1. The topological polar surface area (TPSA) is 94.5 Å². The summed E-state index contributed by atoms with van der Waals surface area (Å²) in [4.78, 5) is 17.5. The van der Waals surface area contributed by atoms with Crippen LogP contribution in [0.5, 0.6) is 0 Å². The normalized spacial score (nSPS) is 19.7. The Balaban J connectivity index is 2.54. The van der Waals surface area contributed by atoms with E-state index < -0.39 is 11.9 Å². The van der Waals surface area contributed by atoms with E-state index in [9.17, 15) is 9.18 Å². The van der Waals surface area contributed by atoms with Crippen LogP contribution in [0.15, 0.2) is 23.2 Å². The number of hydrogen-bond donors (Lipinski definition) is 2. The van der Waals surface area contributed by atoms with Crippen molar-refractivity contribution in [1.82, 2.24) is 4.90 Å². The molecular weight excluding hydrogens is 285 g/mol. The van der Waals surface area contributed by atoms with Gasteiger partial charge < -0.3 is 16.0 Å². The van der Waals surface area contributed by atoms with E-state index in [1.54, 1.807) is 12.3 Å². The zero-order valence-electron chi connectivity index (χ0n) is 12.5. The molecule has 0 aromatic heterocycles. The average molecular weight is 303 g/mol. The van der Waals surface area contributed by atoms with Gasteiger partial charge in [0, 0.05) is 11.3 Å². The number of nitrogens with zero attached hydrogens (tertiary/aromatic N) is 3. The predicted molar refractivity (Wildman–Crippen MR) is 81.1 cm³/mol. The van der Waals surface area contributed by atoms with E-state index >= 15 is 0 Å². The number of hydrogen-bond acceptors (Lipinski definition) is 3. The highest BCUT2D eigenvalue weighted by molar-refractivity contribution is 5.99. The molecule has 0 saturated heterocycles. The van der Waals surface area contributed by atoms with Crippen LogP contribution in [0.25, 0.3) is 0 Å². The Morgan fingerprint density at radius 1 is 1.68 bits per heavy atom. The molecule has 6 nitrogen and oxygen atoms in total. The molecule has 0 aliphatic carbocycles. The Morgan fingerprint density at radius 2 is 2.41 bits per heavy atom. The summed E-state index contributed by atoms with van der Waals surface area (Å²) >= 11 is 0. The maximum Gasteiger partial charge on any atom is 0.247 e. The number of halogens is 1. The summed E-state index contributed by atoms with van der Waals surface area (Å²) in [6.07, 6.45) is 2.34. The third kappa shape index (κ3) is 2.86. The molecule has 1 aromatic rings. The molecule has 1 aromatic carbocycles. The maximum absolute atomic E-state index is 14.1. The van der Waals surface area contributed by atoms with Gasteiger partial charge >= 0.3 is 0 Å². The molecule has 0 unspecified atom stereocenters. The Labute approximate surface area is 128 Å². The maximum atomic E-state index is 14.1. The SMILES string of the molecule is CC[C@H](C)[C@H]1C(=O)Nc2cccc(F)c2CN1C(N)=NC#N. The van der Waals surface area contributed by atoms with Gasteiger partial charge in [0.1, 0.15) is 11.9 Å². The number of carbonyl (C=O) groups is 1. The van der Waals surface area contributed by atoms with Crippen molar-refractivity contribution in [1.29, 1.82) is 5.26 Å². The van der Waals surface area contributed by atoms with Gasteiger partial charge in [0.2, 0.25) is 18.1 Å². The lowest BCUT2D eigenvalue weighted by Crippen LogP contribution is -2.51. The molecule has 0 spiro atoms. The molecule has 1 aliphatic rings. The van der Waals surface area contributed by atoms with Crippen LogP contribution in [-0.2, 0) is 11.3 Å². The third-order valence-electron chi connectivity index (χ3n) is 3.95. The number of nitrogens with two attached hydrogens (primary N) is 1. The fraction of sp³-hybridized carbons (Fsp3) is 0.400. The van der Waals surface area contributed by atoms with E-state index in [0.29, 0.717) is 11.3 Å². The van der Waals surface area contributed by atoms with Gasteiger partial charge in [-0.2, -0.15) is 5.26 Å². The molecule has 0 bridgehead atoms. The molecule has 0 fully saturated rings. The molecule has 116 valence electrons. The van der Waals surface area contributed by atoms with E-state index in [0.717, 1.165) is 6.42 Å². The van der Waals surface area contributed by atoms with Crippen molar-refractivity contribution in [2.24, 2.45) is 16.6 Å². The van der Waals surface area contributed by atoms with Crippen molar-refractivity contribution in [2.45, 2.75) is 32.9 Å². The smallest absolute Gasteiger partial charge is 0.247 e. The summed E-state index contributed by atoms with van der Waals surface area (Å²) in [5, 5.41) is 11.5. The van der Waals surface area contributed by atoms with E-state index in [-0.39, 0.29) is 24.3 Å². The highest BCUT2D eigenvalue weighted by Gasteiger charge is 2.35. The quantitative estimate of drug-likeness (QED) is 0.495. The van der Waals surface area contributed by atoms with Crippen LogP contribution in [0.3, 0.4) is 0 Å². The van der Waals surface area contributed by atoms with Gasteiger partial charge in [-0.3, -0.25) is 4.79 Å². The van der Waals surface area contributed by atoms with Gasteiger partial charge in [-0.1, -0.05) is 26.3 Å². The summed E-state index contributed by atoms with van der Waals surface area (Å²) < 4.78 is 14.1. The van der Waals surface area contributed by atoms with Crippen molar-refractivity contribution in [2.75, 3.05) is 5.32 Å². The molecule has 0 radical (unpaired) electrons. The zero-order valence-corrected chi connectivity index (χ0v) is 12.5. The van der Waals surface area contributed by atoms with E-state index in [1.165, 1.54) is 17.0 Å². The number of aliphatic imine (C=N–C) groups is 1. The summed E-state index contributed by atoms with van der Waals surface area (Å²) in [6.45, 7) is 3.93. The minimum absolute atomic E-state index is 0.0372. The van der Waals surface area contributed by atoms with Gasteiger partial charge in [0.25, 0.3) is 0 Å². The van der Waals surface area contributed by atoms with Gasteiger partial charge in [-0.05, 0) is 18.1 Å². The van der Waals surface area contributed by atoms with Crippen molar-refractivity contribution in [3.63, 3.8) is 0 Å². The fourth-order valence-corrected chi connectivity index (χ4v) is 2.58. The minimum Gasteiger partial charge on any atom is -0.369 e. The molecule has 3 N–H and O–H groups in total. The molecule has 1 heterocycles. The van der Waals surface area contributed by atoms with Crippen molar-refractivity contribution in [3.05, 3.63) is 29.6 Å². The van der Waals surface area contributed by atoms with Gasteiger partial charge in [0.15, 0.2) is 0 Å². The predicted octanol–water partition coefficient (Wildman–Crippen LogP) is 1.79. The molecule has 1 aliphatic heterocycles. The number of amides is 1. The Kier molecular flexibility index (Phi) is 4.61. The largest absolute Gasteiger partial charge is 0.369 e. The Bertz CT molecular complexity index is 652. The highest BCUT2D eigenvalue weighted by atomic mass is 19.1. The van der Waals surface area contributed by atoms with Gasteiger partial charge in [-0.15, -0.1) is 4.99 Å². The second-order valence-electron chi connectivity index (χ2n) is 5.28. The minimum atomic E-state index is -0.617. The molecular formula is C15H18FN5O. The Morgan fingerprint density at radius 3 is 3.05 bits per heavy atom. The second kappa shape index (κ2) is 6.43. The lowest BCUT2D eigenvalue weighted by atomic mass is 9.97. The number of benzene rings is 1. The van der Waals surface area contributed by atoms with E-state index in [4.69, 9.17) is 11.0 Å².